The Morgan fingerprint density at radius 1 is 0.960 bits per heavy atom. The van der Waals surface area contributed by atoms with Gasteiger partial charge in [-0.2, -0.15) is 0 Å². The monoisotopic (exact) mass is 371 g/mol. The van der Waals surface area contributed by atoms with Gasteiger partial charge in [-0.1, -0.05) is 35.3 Å². The molecule has 7 heteroatoms. The number of ketones is 1. The Morgan fingerprint density at radius 2 is 1.76 bits per heavy atom. The zero-order valence-electron chi connectivity index (χ0n) is 12.7. The first-order chi connectivity index (χ1) is 12.1. The van der Waals surface area contributed by atoms with E-state index in [1.807, 2.05) is 0 Å². The van der Waals surface area contributed by atoms with Crippen molar-refractivity contribution in [2.24, 2.45) is 0 Å². The van der Waals surface area contributed by atoms with Gasteiger partial charge in [0.05, 0.1) is 16.9 Å². The highest BCUT2D eigenvalue weighted by Gasteiger charge is 2.19. The molecular weight excluding hydrogens is 361 g/mol. The van der Waals surface area contributed by atoms with Crippen LogP contribution >= 0.6 is 23.2 Å². The molecule has 1 amide bonds. The number of hydrogen-bond donors (Lipinski definition) is 1. The minimum atomic E-state index is -0.483. The number of aromatic nitrogens is 2. The predicted octanol–water partition coefficient (Wildman–Crippen LogP) is 4.27. The molecule has 3 aromatic rings. The van der Waals surface area contributed by atoms with E-state index in [-0.39, 0.29) is 17.0 Å². The predicted molar refractivity (Wildman–Crippen MR) is 96.3 cm³/mol. The van der Waals surface area contributed by atoms with Crippen LogP contribution < -0.4 is 5.32 Å². The number of rotatable bonds is 4. The summed E-state index contributed by atoms with van der Waals surface area (Å²) in [6.45, 7) is 0. The molecule has 0 atom stereocenters. The summed E-state index contributed by atoms with van der Waals surface area (Å²) < 4.78 is 0. The molecule has 1 aromatic heterocycles. The molecular formula is C18H11Cl2N3O2. The lowest BCUT2D eigenvalue weighted by Crippen LogP contribution is -2.16. The highest BCUT2D eigenvalue weighted by molar-refractivity contribution is 6.36. The van der Waals surface area contributed by atoms with E-state index in [1.165, 1.54) is 24.7 Å². The molecule has 1 N–H and O–H groups in total. The molecule has 0 aliphatic heterocycles. The summed E-state index contributed by atoms with van der Waals surface area (Å²) in [7, 11) is 0. The fourth-order valence-corrected chi connectivity index (χ4v) is 2.60. The normalized spacial score (nSPS) is 10.3. The molecule has 0 spiro atoms. The van der Waals surface area contributed by atoms with Crippen molar-refractivity contribution < 1.29 is 9.59 Å². The van der Waals surface area contributed by atoms with Crippen molar-refractivity contribution >= 4 is 40.6 Å². The Bertz CT molecular complexity index is 946. The van der Waals surface area contributed by atoms with Crippen molar-refractivity contribution in [2.75, 3.05) is 5.32 Å². The van der Waals surface area contributed by atoms with Crippen LogP contribution in [-0.2, 0) is 0 Å². The molecule has 0 saturated carbocycles. The van der Waals surface area contributed by atoms with E-state index in [1.54, 1.807) is 36.4 Å². The van der Waals surface area contributed by atoms with Crippen molar-refractivity contribution in [2.45, 2.75) is 0 Å². The van der Waals surface area contributed by atoms with Gasteiger partial charge in [0.2, 0.25) is 0 Å². The van der Waals surface area contributed by atoms with Crippen molar-refractivity contribution in [3.8, 4) is 0 Å². The van der Waals surface area contributed by atoms with Crippen LogP contribution in [0.25, 0.3) is 0 Å². The van der Waals surface area contributed by atoms with E-state index < -0.39 is 5.91 Å². The third-order valence-electron chi connectivity index (χ3n) is 3.39. The van der Waals surface area contributed by atoms with E-state index in [0.29, 0.717) is 21.3 Å². The molecule has 0 fully saturated rings. The van der Waals surface area contributed by atoms with Crippen molar-refractivity contribution in [1.29, 1.82) is 0 Å². The van der Waals surface area contributed by atoms with Crippen LogP contribution in [0.15, 0.2) is 61.1 Å². The van der Waals surface area contributed by atoms with Gasteiger partial charge in [-0.05, 0) is 30.3 Å². The van der Waals surface area contributed by atoms with Crippen LogP contribution in [0.5, 0.6) is 0 Å². The van der Waals surface area contributed by atoms with Crippen LogP contribution in [0.2, 0.25) is 10.0 Å². The van der Waals surface area contributed by atoms with Gasteiger partial charge in [0.25, 0.3) is 5.91 Å². The topological polar surface area (TPSA) is 72.0 Å². The number of benzene rings is 2. The van der Waals surface area contributed by atoms with E-state index in [4.69, 9.17) is 23.2 Å². The Balaban J connectivity index is 1.98. The fraction of sp³-hybridized carbons (Fsp3) is 0. The largest absolute Gasteiger partial charge is 0.320 e. The summed E-state index contributed by atoms with van der Waals surface area (Å²) in [4.78, 5) is 32.9. The molecule has 124 valence electrons. The molecule has 5 nitrogen and oxygen atoms in total. The second-order valence-corrected chi connectivity index (χ2v) is 5.89. The lowest BCUT2D eigenvalue weighted by atomic mass is 10.0. The van der Waals surface area contributed by atoms with Crippen molar-refractivity contribution in [1.82, 2.24) is 9.97 Å². The highest BCUT2D eigenvalue weighted by atomic mass is 35.5. The number of amides is 1. The first kappa shape index (κ1) is 17.1. The molecule has 0 unspecified atom stereocenters. The summed E-state index contributed by atoms with van der Waals surface area (Å²) in [5, 5.41) is 3.35. The molecule has 0 aliphatic carbocycles. The van der Waals surface area contributed by atoms with Crippen LogP contribution in [0.3, 0.4) is 0 Å². The molecule has 0 bridgehead atoms. The summed E-state index contributed by atoms with van der Waals surface area (Å²) in [5.41, 5.74) is 0.998. The number of nitrogens with zero attached hydrogens (tertiary/aromatic N) is 2. The smallest absolute Gasteiger partial charge is 0.275 e. The number of carbonyl (C=O) groups excluding carboxylic acids is 2. The Kier molecular flexibility index (Phi) is 5.07. The van der Waals surface area contributed by atoms with Gasteiger partial charge in [0, 0.05) is 28.5 Å². The van der Waals surface area contributed by atoms with E-state index >= 15 is 0 Å². The minimum absolute atomic E-state index is 0.133. The van der Waals surface area contributed by atoms with Gasteiger partial charge >= 0.3 is 0 Å². The maximum Gasteiger partial charge on any atom is 0.275 e. The fourth-order valence-electron chi connectivity index (χ4n) is 2.21. The average molecular weight is 372 g/mol. The first-order valence-electron chi connectivity index (χ1n) is 7.22. The maximum absolute atomic E-state index is 12.8. The van der Waals surface area contributed by atoms with E-state index in [9.17, 15) is 9.59 Å². The Hall–Kier alpha value is -2.76. The second kappa shape index (κ2) is 7.42. The maximum atomic E-state index is 12.8. The Morgan fingerprint density at radius 3 is 2.48 bits per heavy atom. The van der Waals surface area contributed by atoms with Gasteiger partial charge in [0.15, 0.2) is 5.78 Å². The number of nitrogens with one attached hydrogen (secondary N) is 1. The van der Waals surface area contributed by atoms with Gasteiger partial charge in [-0.25, -0.2) is 4.98 Å². The van der Waals surface area contributed by atoms with Gasteiger partial charge in [0.1, 0.15) is 5.69 Å². The van der Waals surface area contributed by atoms with Crippen molar-refractivity contribution in [3.05, 3.63) is 87.9 Å². The second-order valence-electron chi connectivity index (χ2n) is 5.04. The summed E-state index contributed by atoms with van der Waals surface area (Å²) in [5.74, 6) is -0.828. The van der Waals surface area contributed by atoms with Crippen LogP contribution in [0.1, 0.15) is 26.4 Å². The average Bonchev–Trinajstić information content (AvgIpc) is 2.63. The van der Waals surface area contributed by atoms with Gasteiger partial charge < -0.3 is 5.32 Å². The number of carbonyl (C=O) groups is 2. The lowest BCUT2D eigenvalue weighted by molar-refractivity contribution is 0.102. The third-order valence-corrected chi connectivity index (χ3v) is 3.95. The van der Waals surface area contributed by atoms with E-state index in [2.05, 4.69) is 15.3 Å². The SMILES string of the molecule is O=C(Nc1ccc(Cl)cc1C(=O)c1ccccc1Cl)c1cnccn1. The lowest BCUT2D eigenvalue weighted by Gasteiger charge is -2.11. The third kappa shape index (κ3) is 3.84. The summed E-state index contributed by atoms with van der Waals surface area (Å²) in [6, 6.07) is 11.3. The summed E-state index contributed by atoms with van der Waals surface area (Å²) in [6.07, 6.45) is 4.21. The molecule has 0 saturated heterocycles. The van der Waals surface area contributed by atoms with Crippen molar-refractivity contribution in [3.63, 3.8) is 0 Å². The number of hydrogen-bond acceptors (Lipinski definition) is 4. The van der Waals surface area contributed by atoms with Gasteiger partial charge in [-0.3, -0.25) is 14.6 Å². The molecule has 0 radical (unpaired) electrons. The minimum Gasteiger partial charge on any atom is -0.320 e. The standard InChI is InChI=1S/C18H11Cl2N3O2/c19-11-5-6-15(23-18(25)16-10-21-7-8-22-16)13(9-11)17(24)12-3-1-2-4-14(12)20/h1-10H,(H,23,25). The molecule has 1 heterocycles. The molecule has 2 aromatic carbocycles. The van der Waals surface area contributed by atoms with Gasteiger partial charge in [-0.15, -0.1) is 0 Å². The Labute approximate surface area is 153 Å². The van der Waals surface area contributed by atoms with Crippen LogP contribution in [-0.4, -0.2) is 21.7 Å². The molecule has 0 aliphatic rings. The number of halogens is 2. The van der Waals surface area contributed by atoms with E-state index in [0.717, 1.165) is 0 Å². The zero-order valence-corrected chi connectivity index (χ0v) is 14.3. The zero-order chi connectivity index (χ0) is 17.8. The first-order valence-corrected chi connectivity index (χ1v) is 7.98. The molecule has 25 heavy (non-hydrogen) atoms. The number of anilines is 1. The quantitative estimate of drug-likeness (QED) is 0.695. The van der Waals surface area contributed by atoms with Crippen LogP contribution in [0.4, 0.5) is 5.69 Å². The summed E-state index contributed by atoms with van der Waals surface area (Å²) >= 11 is 12.1. The van der Waals surface area contributed by atoms with Crippen LogP contribution in [0, 0.1) is 0 Å². The molecule has 3 rings (SSSR count). The highest BCUT2D eigenvalue weighted by Crippen LogP contribution is 2.26.